The summed E-state index contributed by atoms with van der Waals surface area (Å²) in [4.78, 5) is 32.7. The van der Waals surface area contributed by atoms with Crippen LogP contribution < -0.4 is 9.47 Å². The smallest absolute Gasteiger partial charge is 0.311 e. The maximum Gasteiger partial charge on any atom is 0.311 e. The standard InChI is InChI=1S/C30H44N2O4/c1-3-5-7-9-11-12-14-16-18-29(34)36-27-23-31-30(32-24-27)25-19-21-26(22-20-25)35-28(33)17-15-13-10-8-6-4-2/h19-24H,3-18H2,1-2H3. The number of rotatable bonds is 19. The summed E-state index contributed by atoms with van der Waals surface area (Å²) in [6.45, 7) is 4.42. The predicted octanol–water partition coefficient (Wildman–Crippen LogP) is 8.24. The molecule has 6 nitrogen and oxygen atoms in total. The zero-order chi connectivity index (χ0) is 25.8. The summed E-state index contributed by atoms with van der Waals surface area (Å²) in [5.74, 6) is 0.935. The number of ether oxygens (including phenoxy) is 2. The first-order valence-corrected chi connectivity index (χ1v) is 14.0. The summed E-state index contributed by atoms with van der Waals surface area (Å²) in [6.07, 6.45) is 20.2. The Labute approximate surface area is 217 Å². The van der Waals surface area contributed by atoms with Crippen molar-refractivity contribution in [3.8, 4) is 22.9 Å². The summed E-state index contributed by atoms with van der Waals surface area (Å²) >= 11 is 0. The van der Waals surface area contributed by atoms with Crippen LogP contribution in [-0.2, 0) is 9.59 Å². The molecule has 0 radical (unpaired) electrons. The van der Waals surface area contributed by atoms with Crippen LogP contribution in [0.4, 0.5) is 0 Å². The van der Waals surface area contributed by atoms with Gasteiger partial charge < -0.3 is 9.47 Å². The van der Waals surface area contributed by atoms with Gasteiger partial charge in [0.2, 0.25) is 0 Å². The highest BCUT2D eigenvalue weighted by Crippen LogP contribution is 2.21. The Hall–Kier alpha value is -2.76. The summed E-state index contributed by atoms with van der Waals surface area (Å²) < 4.78 is 10.8. The predicted molar refractivity (Wildman–Crippen MR) is 144 cm³/mol. The van der Waals surface area contributed by atoms with Crippen molar-refractivity contribution in [3.05, 3.63) is 36.7 Å². The summed E-state index contributed by atoms with van der Waals surface area (Å²) in [5.41, 5.74) is 0.794. The third-order valence-electron chi connectivity index (χ3n) is 6.17. The van der Waals surface area contributed by atoms with Gasteiger partial charge in [-0.1, -0.05) is 90.9 Å². The van der Waals surface area contributed by atoms with Gasteiger partial charge >= 0.3 is 11.9 Å². The highest BCUT2D eigenvalue weighted by Gasteiger charge is 2.09. The lowest BCUT2D eigenvalue weighted by atomic mass is 10.1. The van der Waals surface area contributed by atoms with E-state index in [0.29, 0.717) is 30.2 Å². The Balaban J connectivity index is 1.67. The van der Waals surface area contributed by atoms with Crippen LogP contribution in [0, 0.1) is 0 Å². The van der Waals surface area contributed by atoms with Gasteiger partial charge in [0.25, 0.3) is 0 Å². The highest BCUT2D eigenvalue weighted by atomic mass is 16.5. The van der Waals surface area contributed by atoms with Crippen LogP contribution in [0.15, 0.2) is 36.7 Å². The molecule has 2 rings (SSSR count). The zero-order valence-corrected chi connectivity index (χ0v) is 22.3. The molecule has 198 valence electrons. The molecule has 6 heteroatoms. The molecule has 0 unspecified atom stereocenters. The second kappa shape index (κ2) is 18.5. The van der Waals surface area contributed by atoms with Crippen molar-refractivity contribution in [1.82, 2.24) is 9.97 Å². The first-order valence-electron chi connectivity index (χ1n) is 14.0. The third-order valence-corrected chi connectivity index (χ3v) is 6.17. The van der Waals surface area contributed by atoms with E-state index in [9.17, 15) is 9.59 Å². The third kappa shape index (κ3) is 12.8. The van der Waals surface area contributed by atoms with Gasteiger partial charge in [-0.3, -0.25) is 9.59 Å². The van der Waals surface area contributed by atoms with Crippen LogP contribution >= 0.6 is 0 Å². The van der Waals surface area contributed by atoms with Crippen LogP contribution in [-0.4, -0.2) is 21.9 Å². The van der Waals surface area contributed by atoms with Gasteiger partial charge in [-0.15, -0.1) is 0 Å². The molecule has 1 aromatic carbocycles. The van der Waals surface area contributed by atoms with Crippen molar-refractivity contribution >= 4 is 11.9 Å². The van der Waals surface area contributed by atoms with Gasteiger partial charge in [0, 0.05) is 18.4 Å². The molecule has 0 spiro atoms. The molecule has 1 aromatic heterocycles. The summed E-state index contributed by atoms with van der Waals surface area (Å²) in [5, 5.41) is 0. The quantitative estimate of drug-likeness (QED) is 0.111. The number of benzene rings is 1. The van der Waals surface area contributed by atoms with Gasteiger partial charge in [0.1, 0.15) is 5.75 Å². The maximum absolute atomic E-state index is 12.1. The Kier molecular flexibility index (Phi) is 15.1. The minimum Gasteiger partial charge on any atom is -0.427 e. The zero-order valence-electron chi connectivity index (χ0n) is 22.3. The molecule has 0 fully saturated rings. The van der Waals surface area contributed by atoms with Crippen molar-refractivity contribution in [2.75, 3.05) is 0 Å². The molecule has 0 N–H and O–H groups in total. The normalized spacial score (nSPS) is 10.8. The fourth-order valence-electron chi connectivity index (χ4n) is 4.01. The van der Waals surface area contributed by atoms with Crippen LogP contribution in [0.25, 0.3) is 11.4 Å². The molecular weight excluding hydrogens is 452 g/mol. The Bertz CT molecular complexity index is 866. The number of carbonyl (C=O) groups is 2. The molecule has 0 bridgehead atoms. The molecule has 0 aliphatic heterocycles. The van der Waals surface area contributed by atoms with Gasteiger partial charge in [0.05, 0.1) is 12.4 Å². The van der Waals surface area contributed by atoms with E-state index in [0.717, 1.165) is 31.2 Å². The first-order chi connectivity index (χ1) is 17.6. The average Bonchev–Trinajstić information content (AvgIpc) is 2.88. The van der Waals surface area contributed by atoms with Gasteiger partial charge in [-0.2, -0.15) is 0 Å². The van der Waals surface area contributed by atoms with Crippen molar-refractivity contribution in [3.63, 3.8) is 0 Å². The van der Waals surface area contributed by atoms with Crippen LogP contribution in [0.2, 0.25) is 0 Å². The lowest BCUT2D eigenvalue weighted by Gasteiger charge is -2.07. The second-order valence-electron chi connectivity index (χ2n) is 9.46. The number of carbonyl (C=O) groups excluding carboxylic acids is 2. The molecule has 2 aromatic rings. The number of unbranched alkanes of at least 4 members (excludes halogenated alkanes) is 12. The average molecular weight is 497 g/mol. The van der Waals surface area contributed by atoms with E-state index >= 15 is 0 Å². The molecule has 1 heterocycles. The minimum absolute atomic E-state index is 0.201. The van der Waals surface area contributed by atoms with Crippen molar-refractivity contribution in [1.29, 1.82) is 0 Å². The van der Waals surface area contributed by atoms with Gasteiger partial charge in [-0.05, 0) is 37.1 Å². The maximum atomic E-state index is 12.1. The van der Waals surface area contributed by atoms with E-state index in [-0.39, 0.29) is 11.9 Å². The number of hydrogen-bond donors (Lipinski definition) is 0. The molecule has 0 aliphatic rings. The van der Waals surface area contributed by atoms with Crippen LogP contribution in [0.5, 0.6) is 11.5 Å². The number of nitrogens with zero attached hydrogens (tertiary/aromatic N) is 2. The van der Waals surface area contributed by atoms with Crippen molar-refractivity contribution < 1.29 is 19.1 Å². The molecule has 0 saturated heterocycles. The fraction of sp³-hybridized carbons (Fsp3) is 0.600. The molecule has 0 saturated carbocycles. The highest BCUT2D eigenvalue weighted by molar-refractivity contribution is 5.73. The largest absolute Gasteiger partial charge is 0.427 e. The Morgan fingerprint density at radius 1 is 0.583 bits per heavy atom. The van der Waals surface area contributed by atoms with Crippen molar-refractivity contribution in [2.45, 2.75) is 117 Å². The van der Waals surface area contributed by atoms with E-state index in [2.05, 4.69) is 23.8 Å². The van der Waals surface area contributed by atoms with Crippen LogP contribution in [0.1, 0.15) is 117 Å². The lowest BCUT2D eigenvalue weighted by molar-refractivity contribution is -0.135. The number of hydrogen-bond acceptors (Lipinski definition) is 6. The van der Waals surface area contributed by atoms with E-state index in [1.54, 1.807) is 12.1 Å². The van der Waals surface area contributed by atoms with E-state index in [1.165, 1.54) is 76.6 Å². The number of aromatic nitrogens is 2. The Morgan fingerprint density at radius 3 is 1.47 bits per heavy atom. The summed E-state index contributed by atoms with van der Waals surface area (Å²) in [7, 11) is 0. The van der Waals surface area contributed by atoms with Gasteiger partial charge in [-0.25, -0.2) is 9.97 Å². The minimum atomic E-state index is -0.246. The topological polar surface area (TPSA) is 78.4 Å². The summed E-state index contributed by atoms with van der Waals surface area (Å²) in [6, 6.07) is 7.12. The van der Waals surface area contributed by atoms with E-state index in [1.807, 2.05) is 12.1 Å². The lowest BCUT2D eigenvalue weighted by Crippen LogP contribution is -2.08. The Morgan fingerprint density at radius 2 is 1.00 bits per heavy atom. The SMILES string of the molecule is CCCCCCCCCCC(=O)Oc1cnc(-c2ccc(OC(=O)CCCCCCCC)cc2)nc1. The second-order valence-corrected chi connectivity index (χ2v) is 9.46. The molecule has 0 aliphatic carbocycles. The van der Waals surface area contributed by atoms with E-state index in [4.69, 9.17) is 9.47 Å². The van der Waals surface area contributed by atoms with Gasteiger partial charge in [0.15, 0.2) is 11.6 Å². The van der Waals surface area contributed by atoms with Crippen molar-refractivity contribution in [2.24, 2.45) is 0 Å². The van der Waals surface area contributed by atoms with E-state index < -0.39 is 0 Å². The molecule has 0 amide bonds. The first kappa shape index (κ1) is 29.5. The fourth-order valence-corrected chi connectivity index (χ4v) is 4.01. The molecular formula is C30H44N2O4. The van der Waals surface area contributed by atoms with Crippen LogP contribution in [0.3, 0.4) is 0 Å². The monoisotopic (exact) mass is 496 g/mol. The molecule has 0 atom stereocenters. The molecule has 36 heavy (non-hydrogen) atoms. The number of esters is 2.